The Hall–Kier alpha value is -1.88. The first-order chi connectivity index (χ1) is 9.51. The van der Waals surface area contributed by atoms with Crippen LogP contribution in [-0.2, 0) is 13.0 Å². The Morgan fingerprint density at radius 3 is 2.70 bits per heavy atom. The molecule has 2 rings (SSSR count). The Kier molecular flexibility index (Phi) is 4.39. The quantitative estimate of drug-likeness (QED) is 0.656. The summed E-state index contributed by atoms with van der Waals surface area (Å²) in [6, 6.07) is 6.10. The molecule has 0 unspecified atom stereocenters. The van der Waals surface area contributed by atoms with Crippen LogP contribution in [0.1, 0.15) is 33.6 Å². The van der Waals surface area contributed by atoms with Crippen molar-refractivity contribution in [2.45, 2.75) is 33.8 Å². The summed E-state index contributed by atoms with van der Waals surface area (Å²) in [7, 11) is 0. The van der Waals surface area contributed by atoms with E-state index in [9.17, 15) is 0 Å². The van der Waals surface area contributed by atoms with Crippen molar-refractivity contribution in [1.29, 1.82) is 5.41 Å². The topological polar surface area (TPSA) is 72.0 Å². The molecule has 4 nitrogen and oxygen atoms in total. The van der Waals surface area contributed by atoms with Crippen LogP contribution in [0.3, 0.4) is 0 Å². The molecule has 0 amide bonds. The molecule has 0 atom stereocenters. The molecule has 0 bridgehead atoms. The number of benzene rings is 1. The normalized spacial score (nSPS) is 10.6. The van der Waals surface area contributed by atoms with Crippen molar-refractivity contribution in [3.8, 4) is 5.75 Å². The number of aryl methyl sites for hydroxylation is 3. The van der Waals surface area contributed by atoms with Crippen molar-refractivity contribution >= 4 is 17.2 Å². The summed E-state index contributed by atoms with van der Waals surface area (Å²) in [6.07, 6.45) is 0.773. The van der Waals surface area contributed by atoms with E-state index in [0.717, 1.165) is 33.3 Å². The first-order valence-electron chi connectivity index (χ1n) is 6.54. The molecular weight excluding hydrogens is 270 g/mol. The fourth-order valence-electron chi connectivity index (χ4n) is 2.01. The maximum atomic E-state index is 7.55. The van der Waals surface area contributed by atoms with Crippen LogP contribution >= 0.6 is 11.3 Å². The van der Waals surface area contributed by atoms with Gasteiger partial charge in [0.05, 0.1) is 10.6 Å². The Labute approximate surface area is 123 Å². The van der Waals surface area contributed by atoms with E-state index >= 15 is 0 Å². The number of nitrogens with one attached hydrogen (secondary N) is 1. The molecule has 3 N–H and O–H groups in total. The zero-order valence-corrected chi connectivity index (χ0v) is 12.8. The van der Waals surface area contributed by atoms with Gasteiger partial charge in [0, 0.05) is 0 Å². The second-order valence-electron chi connectivity index (χ2n) is 4.71. The highest BCUT2D eigenvalue weighted by Gasteiger charge is 2.12. The van der Waals surface area contributed by atoms with Gasteiger partial charge in [-0.1, -0.05) is 24.6 Å². The van der Waals surface area contributed by atoms with E-state index in [4.69, 9.17) is 15.9 Å². The molecule has 0 aliphatic heterocycles. The molecule has 1 heterocycles. The third-order valence-corrected chi connectivity index (χ3v) is 4.11. The van der Waals surface area contributed by atoms with E-state index in [1.807, 2.05) is 26.0 Å². The number of aromatic nitrogens is 1. The molecule has 0 aliphatic rings. The van der Waals surface area contributed by atoms with E-state index in [2.05, 4.69) is 18.0 Å². The second-order valence-corrected chi connectivity index (χ2v) is 5.79. The van der Waals surface area contributed by atoms with Crippen LogP contribution in [0.25, 0.3) is 0 Å². The molecule has 0 fully saturated rings. The monoisotopic (exact) mass is 289 g/mol. The van der Waals surface area contributed by atoms with Crippen molar-refractivity contribution in [1.82, 2.24) is 4.98 Å². The van der Waals surface area contributed by atoms with Crippen LogP contribution in [0.15, 0.2) is 18.2 Å². The molecule has 1 aromatic carbocycles. The van der Waals surface area contributed by atoms with Crippen molar-refractivity contribution in [3.63, 3.8) is 0 Å². The number of hydrogen-bond donors (Lipinski definition) is 2. The Bertz CT molecular complexity index is 634. The minimum Gasteiger partial charge on any atom is -0.486 e. The number of hydrogen-bond acceptors (Lipinski definition) is 4. The van der Waals surface area contributed by atoms with Crippen LogP contribution < -0.4 is 10.5 Å². The van der Waals surface area contributed by atoms with E-state index in [1.54, 1.807) is 0 Å². The average molecular weight is 289 g/mol. The van der Waals surface area contributed by atoms with Gasteiger partial charge in [-0.05, 0) is 31.9 Å². The fourth-order valence-corrected chi connectivity index (χ4v) is 2.94. The van der Waals surface area contributed by atoms with Gasteiger partial charge in [0.1, 0.15) is 23.2 Å². The van der Waals surface area contributed by atoms with Gasteiger partial charge >= 0.3 is 0 Å². The van der Waals surface area contributed by atoms with Gasteiger partial charge in [-0.3, -0.25) is 5.41 Å². The highest BCUT2D eigenvalue weighted by Crippen LogP contribution is 2.23. The molecule has 0 saturated heterocycles. The summed E-state index contributed by atoms with van der Waals surface area (Å²) in [6.45, 7) is 6.51. The third kappa shape index (κ3) is 3.17. The predicted octanol–water partition coefficient (Wildman–Crippen LogP) is 3.19. The molecule has 5 heteroatoms. The number of amidine groups is 1. The first kappa shape index (κ1) is 14.5. The number of nitrogens with two attached hydrogens (primary N) is 1. The zero-order valence-electron chi connectivity index (χ0n) is 12.0. The van der Waals surface area contributed by atoms with Crippen molar-refractivity contribution in [3.05, 3.63) is 44.9 Å². The van der Waals surface area contributed by atoms with Gasteiger partial charge in [0.25, 0.3) is 0 Å². The number of ether oxygens (including phenoxy) is 1. The summed E-state index contributed by atoms with van der Waals surface area (Å²) in [5.41, 5.74) is 8.77. The molecule has 0 radical (unpaired) electrons. The average Bonchev–Trinajstić information content (AvgIpc) is 2.81. The lowest BCUT2D eigenvalue weighted by Crippen LogP contribution is -2.11. The van der Waals surface area contributed by atoms with Crippen molar-refractivity contribution < 1.29 is 4.74 Å². The van der Waals surface area contributed by atoms with Crippen LogP contribution in [-0.4, -0.2) is 10.8 Å². The van der Waals surface area contributed by atoms with E-state index < -0.39 is 0 Å². The zero-order chi connectivity index (χ0) is 14.7. The largest absolute Gasteiger partial charge is 0.486 e. The molecule has 20 heavy (non-hydrogen) atoms. The number of nitrogens with zero attached hydrogens (tertiary/aromatic N) is 1. The van der Waals surface area contributed by atoms with Crippen LogP contribution in [0.4, 0.5) is 0 Å². The number of rotatable bonds is 5. The summed E-state index contributed by atoms with van der Waals surface area (Å²) in [5.74, 6) is 0.949. The van der Waals surface area contributed by atoms with Gasteiger partial charge < -0.3 is 10.5 Å². The number of nitrogen functional groups attached to an aromatic ring is 1. The number of thiazole rings is 1. The summed E-state index contributed by atoms with van der Waals surface area (Å²) >= 11 is 1.43. The predicted molar refractivity (Wildman–Crippen MR) is 82.8 cm³/mol. The molecule has 106 valence electrons. The minimum absolute atomic E-state index is 0.0807. The minimum atomic E-state index is 0.0807. The molecular formula is C15H19N3OS. The van der Waals surface area contributed by atoms with E-state index in [1.165, 1.54) is 16.9 Å². The van der Waals surface area contributed by atoms with Crippen LogP contribution in [0.5, 0.6) is 5.75 Å². The molecule has 0 aliphatic carbocycles. The first-order valence-corrected chi connectivity index (χ1v) is 7.36. The molecule has 1 aromatic heterocycles. The molecule has 0 spiro atoms. The molecule has 0 saturated carbocycles. The Morgan fingerprint density at radius 2 is 2.15 bits per heavy atom. The lowest BCUT2D eigenvalue weighted by atomic mass is 10.1. The lowest BCUT2D eigenvalue weighted by molar-refractivity contribution is 0.303. The van der Waals surface area contributed by atoms with E-state index in [-0.39, 0.29) is 5.84 Å². The second kappa shape index (κ2) is 6.05. The summed E-state index contributed by atoms with van der Waals surface area (Å²) in [4.78, 5) is 5.24. The smallest absolute Gasteiger partial charge is 0.140 e. The Morgan fingerprint density at radius 1 is 1.40 bits per heavy atom. The molecule has 2 aromatic rings. The summed E-state index contributed by atoms with van der Waals surface area (Å²) < 4.78 is 5.81. The van der Waals surface area contributed by atoms with Crippen molar-refractivity contribution in [2.24, 2.45) is 5.73 Å². The standard InChI is InChI=1S/C15H19N3OS/c1-4-11-14(15(16)17)20-13(18-11)8-19-12-6-5-9(2)7-10(12)3/h5-7H,4,8H2,1-3H3,(H3,16,17). The van der Waals surface area contributed by atoms with Gasteiger partial charge in [-0.2, -0.15) is 0 Å². The van der Waals surface area contributed by atoms with Crippen molar-refractivity contribution in [2.75, 3.05) is 0 Å². The highest BCUT2D eigenvalue weighted by atomic mass is 32.1. The highest BCUT2D eigenvalue weighted by molar-refractivity contribution is 7.13. The SMILES string of the molecule is CCc1nc(COc2ccc(C)cc2C)sc1C(=N)N. The fraction of sp³-hybridized carbons (Fsp3) is 0.333. The maximum absolute atomic E-state index is 7.55. The lowest BCUT2D eigenvalue weighted by Gasteiger charge is -2.08. The maximum Gasteiger partial charge on any atom is 0.140 e. The third-order valence-electron chi connectivity index (χ3n) is 3.00. The van der Waals surface area contributed by atoms with Gasteiger partial charge in [-0.25, -0.2) is 4.98 Å². The van der Waals surface area contributed by atoms with Crippen LogP contribution in [0, 0.1) is 19.3 Å². The van der Waals surface area contributed by atoms with Gasteiger partial charge in [0.2, 0.25) is 0 Å². The van der Waals surface area contributed by atoms with E-state index in [0.29, 0.717) is 6.61 Å². The van der Waals surface area contributed by atoms with Gasteiger partial charge in [-0.15, -0.1) is 11.3 Å². The summed E-state index contributed by atoms with van der Waals surface area (Å²) in [5, 5.41) is 8.41. The van der Waals surface area contributed by atoms with Crippen LogP contribution in [0.2, 0.25) is 0 Å². The van der Waals surface area contributed by atoms with Gasteiger partial charge in [0.15, 0.2) is 0 Å². The Balaban J connectivity index is 2.13.